The smallest absolute Gasteiger partial charge is 0.254 e. The van der Waals surface area contributed by atoms with E-state index in [9.17, 15) is 4.79 Å². The van der Waals surface area contributed by atoms with Crippen molar-refractivity contribution in [2.24, 2.45) is 0 Å². The molecule has 2 rings (SSSR count). The largest absolute Gasteiger partial charge is 0.335 e. The van der Waals surface area contributed by atoms with Crippen LogP contribution in [0.1, 0.15) is 42.5 Å². The van der Waals surface area contributed by atoms with Gasteiger partial charge in [0.05, 0.1) is 5.56 Å². The fourth-order valence-corrected chi connectivity index (χ4v) is 3.50. The quantitative estimate of drug-likeness (QED) is 0.771. The van der Waals surface area contributed by atoms with Crippen molar-refractivity contribution < 1.29 is 4.79 Å². The highest BCUT2D eigenvalue weighted by Gasteiger charge is 2.25. The molecular weight excluding hydrogens is 298 g/mol. The summed E-state index contributed by atoms with van der Waals surface area (Å²) in [5.41, 5.74) is 0.849. The van der Waals surface area contributed by atoms with Crippen molar-refractivity contribution in [2.75, 3.05) is 11.9 Å². The first-order valence-corrected chi connectivity index (χ1v) is 8.28. The standard InChI is InChI=1S/C13H18BrNOS/c14-7-8-15(12-4-2-1-3-5-12)13(16)11-6-9-17-10-11/h6,9-10,12H,1-5,7-8H2. The second kappa shape index (κ2) is 6.55. The summed E-state index contributed by atoms with van der Waals surface area (Å²) in [7, 11) is 0. The second-order valence-corrected chi connectivity index (χ2v) is 6.06. The first kappa shape index (κ1) is 13.1. The lowest BCUT2D eigenvalue weighted by Crippen LogP contribution is -2.42. The predicted octanol–water partition coefficient (Wildman–Crippen LogP) is 3.92. The normalized spacial score (nSPS) is 17.0. The number of halogens is 1. The molecule has 1 saturated carbocycles. The van der Waals surface area contributed by atoms with Crippen molar-refractivity contribution in [1.29, 1.82) is 0 Å². The molecule has 2 nitrogen and oxygen atoms in total. The van der Waals surface area contributed by atoms with E-state index >= 15 is 0 Å². The molecule has 1 amide bonds. The molecule has 0 aromatic carbocycles. The van der Waals surface area contributed by atoms with Crippen LogP contribution in [0.15, 0.2) is 16.8 Å². The summed E-state index contributed by atoms with van der Waals surface area (Å²) >= 11 is 5.05. The highest BCUT2D eigenvalue weighted by atomic mass is 79.9. The summed E-state index contributed by atoms with van der Waals surface area (Å²) in [6.45, 7) is 0.819. The molecule has 4 heteroatoms. The van der Waals surface area contributed by atoms with E-state index in [-0.39, 0.29) is 5.91 Å². The summed E-state index contributed by atoms with van der Waals surface area (Å²) in [4.78, 5) is 14.5. The lowest BCUT2D eigenvalue weighted by atomic mass is 9.94. The van der Waals surface area contributed by atoms with E-state index in [4.69, 9.17) is 0 Å². The number of carbonyl (C=O) groups is 1. The number of hydrogen-bond donors (Lipinski definition) is 0. The zero-order valence-corrected chi connectivity index (χ0v) is 12.3. The molecule has 0 saturated heterocycles. The number of thiophene rings is 1. The molecule has 0 aliphatic heterocycles. The van der Waals surface area contributed by atoms with Crippen molar-refractivity contribution in [3.63, 3.8) is 0 Å². The number of alkyl halides is 1. The van der Waals surface area contributed by atoms with Gasteiger partial charge >= 0.3 is 0 Å². The third-order valence-electron chi connectivity index (χ3n) is 3.37. The Kier molecular flexibility index (Phi) is 5.04. The molecule has 17 heavy (non-hydrogen) atoms. The molecule has 0 radical (unpaired) electrons. The second-order valence-electron chi connectivity index (χ2n) is 4.49. The van der Waals surface area contributed by atoms with Crippen molar-refractivity contribution >= 4 is 33.2 Å². The lowest BCUT2D eigenvalue weighted by Gasteiger charge is -2.34. The number of amides is 1. The van der Waals surface area contributed by atoms with E-state index in [2.05, 4.69) is 20.8 Å². The Balaban J connectivity index is 2.07. The molecule has 0 spiro atoms. The summed E-state index contributed by atoms with van der Waals surface area (Å²) in [5, 5.41) is 4.78. The van der Waals surface area contributed by atoms with E-state index in [1.165, 1.54) is 32.1 Å². The Morgan fingerprint density at radius 3 is 2.76 bits per heavy atom. The molecule has 1 fully saturated rings. The van der Waals surface area contributed by atoms with Gasteiger partial charge in [-0.15, -0.1) is 0 Å². The van der Waals surface area contributed by atoms with E-state index in [0.717, 1.165) is 17.4 Å². The summed E-state index contributed by atoms with van der Waals surface area (Å²) in [5.74, 6) is 0.206. The first-order chi connectivity index (χ1) is 8.33. The predicted molar refractivity (Wildman–Crippen MR) is 76.0 cm³/mol. The third kappa shape index (κ3) is 3.32. The van der Waals surface area contributed by atoms with Crippen LogP contribution < -0.4 is 0 Å². The van der Waals surface area contributed by atoms with Gasteiger partial charge in [-0.1, -0.05) is 35.2 Å². The Morgan fingerprint density at radius 1 is 1.41 bits per heavy atom. The topological polar surface area (TPSA) is 20.3 Å². The van der Waals surface area contributed by atoms with Crippen LogP contribution in [0, 0.1) is 0 Å². The van der Waals surface area contributed by atoms with Crippen LogP contribution in [0.2, 0.25) is 0 Å². The van der Waals surface area contributed by atoms with E-state index in [1.54, 1.807) is 11.3 Å². The van der Waals surface area contributed by atoms with E-state index in [0.29, 0.717) is 6.04 Å². The summed E-state index contributed by atoms with van der Waals surface area (Å²) in [6.07, 6.45) is 6.19. The van der Waals surface area contributed by atoms with Crippen LogP contribution in [-0.2, 0) is 0 Å². The summed E-state index contributed by atoms with van der Waals surface area (Å²) < 4.78 is 0. The van der Waals surface area contributed by atoms with Gasteiger partial charge < -0.3 is 4.90 Å². The van der Waals surface area contributed by atoms with Crippen LogP contribution in [0.3, 0.4) is 0 Å². The molecule has 0 unspecified atom stereocenters. The first-order valence-electron chi connectivity index (χ1n) is 6.22. The van der Waals surface area contributed by atoms with Crippen LogP contribution >= 0.6 is 27.3 Å². The Morgan fingerprint density at radius 2 is 2.18 bits per heavy atom. The minimum absolute atomic E-state index is 0.206. The van der Waals surface area contributed by atoms with Crippen molar-refractivity contribution in [2.45, 2.75) is 38.1 Å². The molecular formula is C13H18BrNOS. The maximum absolute atomic E-state index is 12.4. The zero-order chi connectivity index (χ0) is 12.1. The number of carbonyl (C=O) groups excluding carboxylic acids is 1. The number of rotatable bonds is 4. The minimum atomic E-state index is 0.206. The molecule has 1 aliphatic carbocycles. The monoisotopic (exact) mass is 315 g/mol. The maximum atomic E-state index is 12.4. The van der Waals surface area contributed by atoms with E-state index in [1.807, 2.05) is 16.8 Å². The van der Waals surface area contributed by atoms with Gasteiger partial charge in [-0.05, 0) is 24.3 Å². The molecule has 0 atom stereocenters. The van der Waals surface area contributed by atoms with Gasteiger partial charge in [0.2, 0.25) is 0 Å². The molecule has 1 heterocycles. The van der Waals surface area contributed by atoms with Gasteiger partial charge in [0.15, 0.2) is 0 Å². The van der Waals surface area contributed by atoms with Gasteiger partial charge in [0.25, 0.3) is 5.91 Å². The molecule has 1 aromatic heterocycles. The average Bonchev–Trinajstić information content (AvgIpc) is 2.90. The van der Waals surface area contributed by atoms with Gasteiger partial charge in [0.1, 0.15) is 0 Å². The van der Waals surface area contributed by atoms with Gasteiger partial charge in [-0.2, -0.15) is 11.3 Å². The molecule has 1 aromatic rings. The Labute approximate surface area is 115 Å². The molecule has 94 valence electrons. The Hall–Kier alpha value is -0.350. The average molecular weight is 316 g/mol. The molecule has 0 N–H and O–H groups in total. The maximum Gasteiger partial charge on any atom is 0.254 e. The highest BCUT2D eigenvalue weighted by Crippen LogP contribution is 2.24. The number of hydrogen-bond acceptors (Lipinski definition) is 2. The van der Waals surface area contributed by atoms with Gasteiger partial charge in [-0.25, -0.2) is 0 Å². The molecule has 1 aliphatic rings. The van der Waals surface area contributed by atoms with Crippen molar-refractivity contribution in [1.82, 2.24) is 4.90 Å². The lowest BCUT2D eigenvalue weighted by molar-refractivity contribution is 0.0651. The fraction of sp³-hybridized carbons (Fsp3) is 0.615. The van der Waals surface area contributed by atoms with Crippen molar-refractivity contribution in [3.05, 3.63) is 22.4 Å². The Bertz CT molecular complexity index is 346. The van der Waals surface area contributed by atoms with Crippen molar-refractivity contribution in [3.8, 4) is 0 Å². The van der Waals surface area contributed by atoms with Crippen LogP contribution in [-0.4, -0.2) is 28.7 Å². The van der Waals surface area contributed by atoms with Crippen LogP contribution in [0.5, 0.6) is 0 Å². The van der Waals surface area contributed by atoms with Gasteiger partial charge in [-0.3, -0.25) is 4.79 Å². The zero-order valence-electron chi connectivity index (χ0n) is 9.90. The van der Waals surface area contributed by atoms with Crippen LogP contribution in [0.4, 0.5) is 0 Å². The summed E-state index contributed by atoms with van der Waals surface area (Å²) in [6, 6.07) is 2.38. The van der Waals surface area contributed by atoms with E-state index < -0.39 is 0 Å². The SMILES string of the molecule is O=C(c1ccsc1)N(CCBr)C1CCCCC1. The molecule has 0 bridgehead atoms. The highest BCUT2D eigenvalue weighted by molar-refractivity contribution is 9.09. The third-order valence-corrected chi connectivity index (χ3v) is 4.41. The minimum Gasteiger partial charge on any atom is -0.335 e. The van der Waals surface area contributed by atoms with Crippen LogP contribution in [0.25, 0.3) is 0 Å². The fourth-order valence-electron chi connectivity index (χ4n) is 2.49. The van der Waals surface area contributed by atoms with Gasteiger partial charge in [0, 0.05) is 23.3 Å². The number of nitrogens with zero attached hydrogens (tertiary/aromatic N) is 1.